The van der Waals surface area contributed by atoms with Crippen molar-refractivity contribution in [3.63, 3.8) is 0 Å². The van der Waals surface area contributed by atoms with Gasteiger partial charge in [0.2, 0.25) is 0 Å². The minimum absolute atomic E-state index is 0.246. The van der Waals surface area contributed by atoms with Crippen LogP contribution < -0.4 is 4.74 Å². The van der Waals surface area contributed by atoms with E-state index in [-0.39, 0.29) is 5.71 Å². The SMILES string of the molecule is CCCCc1ccccc1OCc1ccccc1/C(C#N)=N\OC. The second-order valence-electron chi connectivity index (χ2n) is 5.39. The quantitative estimate of drug-likeness (QED) is 0.532. The van der Waals surface area contributed by atoms with E-state index in [1.165, 1.54) is 12.7 Å². The molecule has 4 heteroatoms. The van der Waals surface area contributed by atoms with Crippen molar-refractivity contribution in [2.24, 2.45) is 5.16 Å². The molecule has 2 rings (SSSR count). The zero-order valence-electron chi connectivity index (χ0n) is 14.2. The smallest absolute Gasteiger partial charge is 0.187 e. The number of benzene rings is 2. The Morgan fingerprint density at radius 3 is 2.50 bits per heavy atom. The summed E-state index contributed by atoms with van der Waals surface area (Å²) in [4.78, 5) is 4.76. The molecule has 0 saturated carbocycles. The van der Waals surface area contributed by atoms with Crippen LogP contribution in [0.3, 0.4) is 0 Å². The molecule has 2 aromatic carbocycles. The number of para-hydroxylation sites is 1. The van der Waals surface area contributed by atoms with Gasteiger partial charge < -0.3 is 9.57 Å². The molecule has 0 spiro atoms. The summed E-state index contributed by atoms with van der Waals surface area (Å²) in [5.74, 6) is 0.892. The van der Waals surface area contributed by atoms with Gasteiger partial charge in [0, 0.05) is 5.56 Å². The van der Waals surface area contributed by atoms with Gasteiger partial charge in [0.1, 0.15) is 25.5 Å². The lowest BCUT2D eigenvalue weighted by Gasteiger charge is -2.13. The standard InChI is InChI=1S/C20H22N2O2/c1-3-4-9-16-10-6-8-13-20(16)24-15-17-11-5-7-12-18(17)19(14-21)22-23-2/h5-8,10-13H,3-4,9,15H2,1-2H3/b22-19-. The molecule has 0 saturated heterocycles. The minimum Gasteiger partial charge on any atom is -0.489 e. The Kier molecular flexibility index (Phi) is 6.85. The first-order valence-electron chi connectivity index (χ1n) is 8.10. The Morgan fingerprint density at radius 1 is 1.08 bits per heavy atom. The monoisotopic (exact) mass is 322 g/mol. The lowest BCUT2D eigenvalue weighted by atomic mass is 10.0. The summed E-state index contributed by atoms with van der Waals surface area (Å²) < 4.78 is 6.03. The van der Waals surface area contributed by atoms with Crippen LogP contribution in [0.25, 0.3) is 0 Å². The Labute approximate surface area is 143 Å². The van der Waals surface area contributed by atoms with Crippen LogP contribution in [-0.2, 0) is 17.9 Å². The predicted molar refractivity (Wildman–Crippen MR) is 95.0 cm³/mol. The third-order valence-corrected chi connectivity index (χ3v) is 3.72. The molecule has 0 aromatic heterocycles. The van der Waals surface area contributed by atoms with Crippen molar-refractivity contribution >= 4 is 5.71 Å². The van der Waals surface area contributed by atoms with Crippen molar-refractivity contribution in [3.05, 3.63) is 65.2 Å². The Hall–Kier alpha value is -2.80. The van der Waals surface area contributed by atoms with Crippen LogP contribution in [0.4, 0.5) is 0 Å². The van der Waals surface area contributed by atoms with Crippen molar-refractivity contribution in [2.75, 3.05) is 7.11 Å². The van der Waals surface area contributed by atoms with E-state index in [1.54, 1.807) is 0 Å². The Bertz CT molecular complexity index is 732. The Morgan fingerprint density at radius 2 is 1.79 bits per heavy atom. The highest BCUT2D eigenvalue weighted by molar-refractivity contribution is 6.12. The van der Waals surface area contributed by atoms with Crippen molar-refractivity contribution in [1.82, 2.24) is 0 Å². The molecule has 2 aromatic rings. The highest BCUT2D eigenvalue weighted by Gasteiger charge is 2.11. The fraction of sp³-hybridized carbons (Fsp3) is 0.300. The van der Waals surface area contributed by atoms with Crippen molar-refractivity contribution < 1.29 is 9.57 Å². The van der Waals surface area contributed by atoms with E-state index in [0.29, 0.717) is 6.61 Å². The van der Waals surface area contributed by atoms with Gasteiger partial charge in [-0.3, -0.25) is 0 Å². The normalized spacial score (nSPS) is 11.0. The molecule has 0 unspecified atom stereocenters. The van der Waals surface area contributed by atoms with Crippen LogP contribution in [-0.4, -0.2) is 12.8 Å². The number of unbranched alkanes of at least 4 members (excludes halogenated alkanes) is 1. The number of oxime groups is 1. The Balaban J connectivity index is 2.19. The molecule has 0 aliphatic rings. The van der Waals surface area contributed by atoms with Gasteiger partial charge >= 0.3 is 0 Å². The number of aryl methyl sites for hydroxylation is 1. The van der Waals surface area contributed by atoms with Crippen LogP contribution in [0.2, 0.25) is 0 Å². The summed E-state index contributed by atoms with van der Waals surface area (Å²) in [6, 6.07) is 17.7. The zero-order chi connectivity index (χ0) is 17.2. The van der Waals surface area contributed by atoms with Gasteiger partial charge in [-0.25, -0.2) is 0 Å². The molecule has 0 aliphatic carbocycles. The molecule has 0 atom stereocenters. The summed E-state index contributed by atoms with van der Waals surface area (Å²) in [7, 11) is 1.43. The van der Waals surface area contributed by atoms with E-state index in [1.807, 2.05) is 42.5 Å². The van der Waals surface area contributed by atoms with E-state index in [0.717, 1.165) is 36.1 Å². The molecule has 0 amide bonds. The van der Waals surface area contributed by atoms with Gasteiger partial charge in [0.05, 0.1) is 0 Å². The van der Waals surface area contributed by atoms with Crippen molar-refractivity contribution in [2.45, 2.75) is 32.8 Å². The number of hydrogen-bond donors (Lipinski definition) is 0. The second kappa shape index (κ2) is 9.36. The largest absolute Gasteiger partial charge is 0.489 e. The topological polar surface area (TPSA) is 54.6 Å². The molecule has 0 radical (unpaired) electrons. The summed E-state index contributed by atoms with van der Waals surface area (Å²) in [5.41, 5.74) is 3.09. The number of ether oxygens (including phenoxy) is 1. The summed E-state index contributed by atoms with van der Waals surface area (Å²) in [6.07, 6.45) is 3.29. The minimum atomic E-state index is 0.246. The van der Waals surface area contributed by atoms with E-state index in [9.17, 15) is 5.26 Å². The van der Waals surface area contributed by atoms with Gasteiger partial charge in [-0.2, -0.15) is 5.26 Å². The highest BCUT2D eigenvalue weighted by atomic mass is 16.6. The fourth-order valence-electron chi connectivity index (χ4n) is 2.47. The van der Waals surface area contributed by atoms with E-state index in [2.05, 4.69) is 24.2 Å². The number of nitriles is 1. The van der Waals surface area contributed by atoms with Gasteiger partial charge in [0.25, 0.3) is 0 Å². The molecule has 0 fully saturated rings. The number of rotatable bonds is 8. The molecule has 0 bridgehead atoms. The van der Waals surface area contributed by atoms with Gasteiger partial charge in [-0.1, -0.05) is 61.0 Å². The molecular formula is C20H22N2O2. The summed E-state index contributed by atoms with van der Waals surface area (Å²) in [6.45, 7) is 2.56. The highest BCUT2D eigenvalue weighted by Crippen LogP contribution is 2.22. The van der Waals surface area contributed by atoms with Gasteiger partial charge in [-0.05, 0) is 30.0 Å². The zero-order valence-corrected chi connectivity index (χ0v) is 14.2. The molecule has 0 heterocycles. The fourth-order valence-corrected chi connectivity index (χ4v) is 2.47. The van der Waals surface area contributed by atoms with E-state index in [4.69, 9.17) is 9.57 Å². The molecule has 24 heavy (non-hydrogen) atoms. The maximum absolute atomic E-state index is 9.26. The summed E-state index contributed by atoms with van der Waals surface area (Å²) >= 11 is 0. The van der Waals surface area contributed by atoms with Gasteiger partial charge in [-0.15, -0.1) is 0 Å². The average Bonchev–Trinajstić information content (AvgIpc) is 2.63. The first-order chi connectivity index (χ1) is 11.8. The van der Waals surface area contributed by atoms with Crippen LogP contribution in [0.1, 0.15) is 36.5 Å². The van der Waals surface area contributed by atoms with Crippen LogP contribution in [0, 0.1) is 11.3 Å². The predicted octanol–water partition coefficient (Wildman–Crippen LogP) is 4.48. The lowest BCUT2D eigenvalue weighted by molar-refractivity contribution is 0.214. The van der Waals surface area contributed by atoms with E-state index < -0.39 is 0 Å². The number of nitrogens with zero attached hydrogens (tertiary/aromatic N) is 2. The van der Waals surface area contributed by atoms with Crippen molar-refractivity contribution in [3.8, 4) is 11.8 Å². The first kappa shape index (κ1) is 17.6. The summed E-state index contributed by atoms with van der Waals surface area (Å²) in [5, 5.41) is 13.0. The van der Waals surface area contributed by atoms with Crippen LogP contribution in [0.15, 0.2) is 53.7 Å². The second-order valence-corrected chi connectivity index (χ2v) is 5.39. The van der Waals surface area contributed by atoms with Crippen molar-refractivity contribution in [1.29, 1.82) is 5.26 Å². The molecule has 0 N–H and O–H groups in total. The van der Waals surface area contributed by atoms with Crippen LogP contribution in [0.5, 0.6) is 5.75 Å². The third-order valence-electron chi connectivity index (χ3n) is 3.72. The lowest BCUT2D eigenvalue weighted by Crippen LogP contribution is -2.07. The van der Waals surface area contributed by atoms with Gasteiger partial charge in [0.15, 0.2) is 5.71 Å². The van der Waals surface area contributed by atoms with Crippen LogP contribution >= 0.6 is 0 Å². The first-order valence-corrected chi connectivity index (χ1v) is 8.10. The number of hydrogen-bond acceptors (Lipinski definition) is 4. The molecule has 0 aliphatic heterocycles. The maximum Gasteiger partial charge on any atom is 0.187 e. The van der Waals surface area contributed by atoms with E-state index >= 15 is 0 Å². The molecule has 4 nitrogen and oxygen atoms in total. The average molecular weight is 322 g/mol. The molecular weight excluding hydrogens is 300 g/mol. The molecule has 124 valence electrons. The third kappa shape index (κ3) is 4.60. The maximum atomic E-state index is 9.26.